The Morgan fingerprint density at radius 1 is 1.09 bits per heavy atom. The Labute approximate surface area is 195 Å². The van der Waals surface area contributed by atoms with Crippen LogP contribution in [-0.2, 0) is 16.0 Å². The molecule has 1 aliphatic carbocycles. The summed E-state index contributed by atoms with van der Waals surface area (Å²) in [5.41, 5.74) is 5.81. The van der Waals surface area contributed by atoms with Crippen LogP contribution in [0.3, 0.4) is 0 Å². The highest BCUT2D eigenvalue weighted by molar-refractivity contribution is 7.10. The number of carbonyl (C=O) groups is 2. The molecule has 6 heteroatoms. The minimum atomic E-state index is -0.499. The Hall–Kier alpha value is -3.77. The van der Waals surface area contributed by atoms with Gasteiger partial charge in [-0.15, -0.1) is 11.3 Å². The number of rotatable bonds is 5. The molecular formula is C27H22N2O3S. The van der Waals surface area contributed by atoms with E-state index < -0.39 is 5.97 Å². The van der Waals surface area contributed by atoms with Crippen LogP contribution < -0.4 is 5.32 Å². The standard InChI is InChI=1S/C27H22N2O3S/c1-17-6-4-7-19(14-17)28-24(30)16-32-27(31)25-21-9-2-3-10-23(21)29-26-18(11-12-22(25)26)15-20-8-5-13-33-20/h2-10,13-15H,11-12,16H2,1H3,(H,28,30)/b18-15-. The molecule has 164 valence electrons. The number of para-hydroxylation sites is 1. The quantitative estimate of drug-likeness (QED) is 0.382. The second-order valence-corrected chi connectivity index (χ2v) is 8.99. The minimum Gasteiger partial charge on any atom is -0.452 e. The second-order valence-electron chi connectivity index (χ2n) is 8.01. The molecule has 0 radical (unpaired) electrons. The molecule has 0 bridgehead atoms. The summed E-state index contributed by atoms with van der Waals surface area (Å²) in [5, 5.41) is 5.56. The number of aryl methyl sites for hydroxylation is 1. The smallest absolute Gasteiger partial charge is 0.339 e. The van der Waals surface area contributed by atoms with Gasteiger partial charge in [0.25, 0.3) is 5.91 Å². The third kappa shape index (κ3) is 4.43. The number of hydrogen-bond donors (Lipinski definition) is 1. The highest BCUT2D eigenvalue weighted by atomic mass is 32.1. The summed E-state index contributed by atoms with van der Waals surface area (Å²) in [7, 11) is 0. The molecule has 0 atom stereocenters. The zero-order valence-corrected chi connectivity index (χ0v) is 18.9. The van der Waals surface area contributed by atoms with Gasteiger partial charge in [-0.1, -0.05) is 36.4 Å². The maximum Gasteiger partial charge on any atom is 0.339 e. The van der Waals surface area contributed by atoms with E-state index in [1.165, 1.54) is 0 Å². The zero-order valence-electron chi connectivity index (χ0n) is 18.1. The lowest BCUT2D eigenvalue weighted by molar-refractivity contribution is -0.119. The largest absolute Gasteiger partial charge is 0.452 e. The van der Waals surface area contributed by atoms with E-state index in [-0.39, 0.29) is 12.5 Å². The normalized spacial score (nSPS) is 13.8. The van der Waals surface area contributed by atoms with E-state index >= 15 is 0 Å². The average molecular weight is 455 g/mol. The summed E-state index contributed by atoms with van der Waals surface area (Å²) in [6.45, 7) is 1.60. The number of benzene rings is 2. The number of ether oxygens (including phenoxy) is 1. The number of thiophene rings is 1. The Morgan fingerprint density at radius 3 is 2.79 bits per heavy atom. The van der Waals surface area contributed by atoms with Crippen LogP contribution in [0.4, 0.5) is 5.69 Å². The first-order chi connectivity index (χ1) is 16.1. The molecule has 0 unspecified atom stereocenters. The number of fused-ring (bicyclic) bond motifs is 2. The Bertz CT molecular complexity index is 1390. The molecule has 5 nitrogen and oxygen atoms in total. The van der Waals surface area contributed by atoms with Crippen molar-refractivity contribution in [2.45, 2.75) is 19.8 Å². The van der Waals surface area contributed by atoms with Crippen molar-refractivity contribution in [3.05, 3.63) is 93.3 Å². The molecule has 2 heterocycles. The molecule has 1 aliphatic rings. The lowest BCUT2D eigenvalue weighted by Crippen LogP contribution is -2.21. The monoisotopic (exact) mass is 454 g/mol. The average Bonchev–Trinajstić information content (AvgIpc) is 3.46. The third-order valence-corrected chi connectivity index (χ3v) is 6.46. The van der Waals surface area contributed by atoms with Crippen LogP contribution >= 0.6 is 11.3 Å². The van der Waals surface area contributed by atoms with Crippen molar-refractivity contribution in [2.75, 3.05) is 11.9 Å². The van der Waals surface area contributed by atoms with Crippen molar-refractivity contribution in [3.8, 4) is 0 Å². The molecule has 1 N–H and O–H groups in total. The van der Waals surface area contributed by atoms with Crippen molar-refractivity contribution < 1.29 is 14.3 Å². The van der Waals surface area contributed by atoms with Gasteiger partial charge in [0.1, 0.15) is 0 Å². The van der Waals surface area contributed by atoms with Gasteiger partial charge in [-0.25, -0.2) is 9.78 Å². The number of amides is 1. The molecule has 1 amide bonds. The maximum atomic E-state index is 13.2. The van der Waals surface area contributed by atoms with Gasteiger partial charge < -0.3 is 10.1 Å². The molecule has 4 aromatic rings. The topological polar surface area (TPSA) is 68.3 Å². The number of carbonyl (C=O) groups excluding carboxylic acids is 2. The van der Waals surface area contributed by atoms with E-state index in [2.05, 4.69) is 17.5 Å². The van der Waals surface area contributed by atoms with E-state index in [4.69, 9.17) is 9.72 Å². The first-order valence-electron chi connectivity index (χ1n) is 10.8. The maximum absolute atomic E-state index is 13.2. The van der Waals surface area contributed by atoms with Crippen LogP contribution in [0.15, 0.2) is 66.0 Å². The molecule has 2 aromatic carbocycles. The van der Waals surface area contributed by atoms with Gasteiger partial charge in [0, 0.05) is 16.0 Å². The molecule has 0 aliphatic heterocycles. The number of aromatic nitrogens is 1. The van der Waals surface area contributed by atoms with Gasteiger partial charge in [-0.3, -0.25) is 4.79 Å². The predicted molar refractivity (Wildman–Crippen MR) is 132 cm³/mol. The van der Waals surface area contributed by atoms with Crippen LogP contribution in [0.5, 0.6) is 0 Å². The molecule has 0 saturated carbocycles. The predicted octanol–water partition coefficient (Wildman–Crippen LogP) is 5.89. The first kappa shape index (κ1) is 21.1. The lowest BCUT2D eigenvalue weighted by Gasteiger charge is -2.12. The van der Waals surface area contributed by atoms with Crippen molar-refractivity contribution in [3.63, 3.8) is 0 Å². The highest BCUT2D eigenvalue weighted by Crippen LogP contribution is 2.38. The van der Waals surface area contributed by atoms with Gasteiger partial charge in [-0.2, -0.15) is 0 Å². The molecule has 0 fully saturated rings. The molecule has 5 rings (SSSR count). The van der Waals surface area contributed by atoms with E-state index in [1.807, 2.05) is 60.8 Å². The molecular weight excluding hydrogens is 432 g/mol. The van der Waals surface area contributed by atoms with Crippen molar-refractivity contribution in [1.82, 2.24) is 4.98 Å². The number of nitrogens with one attached hydrogen (secondary N) is 1. The molecule has 2 aromatic heterocycles. The summed E-state index contributed by atoms with van der Waals surface area (Å²) >= 11 is 1.67. The first-order valence-corrected chi connectivity index (χ1v) is 11.7. The van der Waals surface area contributed by atoms with Gasteiger partial charge in [0.05, 0.1) is 16.8 Å². The van der Waals surface area contributed by atoms with Crippen LogP contribution in [0.25, 0.3) is 22.6 Å². The van der Waals surface area contributed by atoms with Crippen LogP contribution in [0.2, 0.25) is 0 Å². The van der Waals surface area contributed by atoms with E-state index in [9.17, 15) is 9.59 Å². The van der Waals surface area contributed by atoms with E-state index in [0.717, 1.165) is 44.6 Å². The van der Waals surface area contributed by atoms with E-state index in [1.54, 1.807) is 17.4 Å². The SMILES string of the molecule is Cc1cccc(NC(=O)COC(=O)c2c3c(nc4ccccc24)/C(=C\c2cccs2)CC3)c1. The minimum absolute atomic E-state index is 0.351. The van der Waals surface area contributed by atoms with E-state index in [0.29, 0.717) is 17.7 Å². The summed E-state index contributed by atoms with van der Waals surface area (Å²) in [6, 6.07) is 19.1. The summed E-state index contributed by atoms with van der Waals surface area (Å²) in [6.07, 6.45) is 3.66. The summed E-state index contributed by atoms with van der Waals surface area (Å²) in [5.74, 6) is -0.871. The molecule has 0 spiro atoms. The van der Waals surface area contributed by atoms with Crippen LogP contribution in [-0.4, -0.2) is 23.5 Å². The van der Waals surface area contributed by atoms with Crippen molar-refractivity contribution in [2.24, 2.45) is 0 Å². The second kappa shape index (κ2) is 9.00. The fourth-order valence-electron chi connectivity index (χ4n) is 4.18. The van der Waals surface area contributed by atoms with Crippen LogP contribution in [0.1, 0.15) is 38.5 Å². The molecule has 33 heavy (non-hydrogen) atoms. The third-order valence-electron chi connectivity index (χ3n) is 5.64. The van der Waals surface area contributed by atoms with Gasteiger partial charge >= 0.3 is 5.97 Å². The Kier molecular flexibility index (Phi) is 5.75. The Morgan fingerprint density at radius 2 is 1.97 bits per heavy atom. The number of allylic oxidation sites excluding steroid dienone is 1. The van der Waals surface area contributed by atoms with Gasteiger partial charge in [0.15, 0.2) is 6.61 Å². The number of hydrogen-bond acceptors (Lipinski definition) is 5. The number of esters is 1. The summed E-state index contributed by atoms with van der Waals surface area (Å²) < 4.78 is 5.47. The Balaban J connectivity index is 1.43. The van der Waals surface area contributed by atoms with Gasteiger partial charge in [0.2, 0.25) is 0 Å². The highest BCUT2D eigenvalue weighted by Gasteiger charge is 2.28. The number of anilines is 1. The summed E-state index contributed by atoms with van der Waals surface area (Å²) in [4.78, 5) is 31.6. The number of pyridine rings is 1. The van der Waals surface area contributed by atoms with Crippen molar-refractivity contribution >= 4 is 51.5 Å². The zero-order chi connectivity index (χ0) is 22.8. The van der Waals surface area contributed by atoms with Crippen molar-refractivity contribution in [1.29, 1.82) is 0 Å². The van der Waals surface area contributed by atoms with Crippen LogP contribution in [0, 0.1) is 6.92 Å². The molecule has 0 saturated heterocycles. The fourth-order valence-corrected chi connectivity index (χ4v) is 4.86. The fraction of sp³-hybridized carbons (Fsp3) is 0.148. The van der Waals surface area contributed by atoms with Gasteiger partial charge in [-0.05, 0) is 72.2 Å². The number of nitrogens with zero attached hydrogens (tertiary/aromatic N) is 1. The lowest BCUT2D eigenvalue weighted by atomic mass is 10.0.